The zero-order chi connectivity index (χ0) is 34.0. The first kappa shape index (κ1) is 35.1. The van der Waals surface area contributed by atoms with Crippen LogP contribution in [0.1, 0.15) is 94.2 Å². The van der Waals surface area contributed by atoms with Crippen LogP contribution in [0.3, 0.4) is 0 Å². The smallest absolute Gasteiger partial charge is 0.243 e. The van der Waals surface area contributed by atoms with Gasteiger partial charge in [0, 0.05) is 32.0 Å². The van der Waals surface area contributed by atoms with E-state index in [2.05, 4.69) is 10.6 Å². The molecule has 3 aliphatic rings. The van der Waals surface area contributed by atoms with Crippen molar-refractivity contribution >= 4 is 29.5 Å². The lowest BCUT2D eigenvalue weighted by molar-refractivity contribution is -0.145. The molecule has 11 nitrogen and oxygen atoms in total. The molecule has 2 aromatic rings. The highest BCUT2D eigenvalue weighted by Gasteiger charge is 2.45. The number of nitrogens with two attached hydrogens (primary N) is 2. The van der Waals surface area contributed by atoms with Crippen LogP contribution < -0.4 is 22.1 Å². The van der Waals surface area contributed by atoms with E-state index >= 15 is 0 Å². The minimum atomic E-state index is -1.06. The highest BCUT2D eigenvalue weighted by molar-refractivity contribution is 5.94. The molecule has 0 unspecified atom stereocenters. The maximum Gasteiger partial charge on any atom is 0.243 e. The normalized spacial score (nSPS) is 22.4. The van der Waals surface area contributed by atoms with Crippen LogP contribution in [0.15, 0.2) is 60.7 Å². The van der Waals surface area contributed by atoms with E-state index in [9.17, 15) is 24.0 Å². The largest absolute Gasteiger partial charge is 0.370 e. The van der Waals surface area contributed by atoms with E-state index in [1.54, 1.807) is 9.80 Å². The minimum Gasteiger partial charge on any atom is -0.370 e. The van der Waals surface area contributed by atoms with E-state index < -0.39 is 41.9 Å². The van der Waals surface area contributed by atoms with Gasteiger partial charge in [0.25, 0.3) is 0 Å². The van der Waals surface area contributed by atoms with Gasteiger partial charge in [0.2, 0.25) is 29.5 Å². The van der Waals surface area contributed by atoms with Crippen LogP contribution in [-0.4, -0.2) is 76.6 Å². The molecule has 0 radical (unpaired) electrons. The Hall–Kier alpha value is -4.25. The Morgan fingerprint density at radius 1 is 0.812 bits per heavy atom. The van der Waals surface area contributed by atoms with E-state index in [1.807, 2.05) is 60.7 Å². The molecular formula is C37H50N6O5. The van der Waals surface area contributed by atoms with Crippen molar-refractivity contribution in [1.29, 1.82) is 0 Å². The molecule has 48 heavy (non-hydrogen) atoms. The number of rotatable bonds is 12. The highest BCUT2D eigenvalue weighted by atomic mass is 16.2. The molecule has 258 valence electrons. The summed E-state index contributed by atoms with van der Waals surface area (Å²) in [6, 6.07) is 15.4. The van der Waals surface area contributed by atoms with Crippen LogP contribution in [0.4, 0.5) is 0 Å². The summed E-state index contributed by atoms with van der Waals surface area (Å²) in [7, 11) is 0. The fourth-order valence-corrected chi connectivity index (χ4v) is 7.56. The molecule has 5 amide bonds. The monoisotopic (exact) mass is 658 g/mol. The van der Waals surface area contributed by atoms with E-state index in [0.29, 0.717) is 38.1 Å². The van der Waals surface area contributed by atoms with Gasteiger partial charge in [0.15, 0.2) is 0 Å². The predicted molar refractivity (Wildman–Crippen MR) is 182 cm³/mol. The maximum absolute atomic E-state index is 13.8. The van der Waals surface area contributed by atoms with Crippen molar-refractivity contribution in [3.63, 3.8) is 0 Å². The molecule has 0 spiro atoms. The SMILES string of the molecule is NC(=O)CC[C@H](NC(=O)[C@@H]1CC[C@@H]2CCN(C(=O)CCC3CCCCC3)C[C@H](N)C(=O)N21)C(=O)NC(c1ccccc1)c1ccccc1. The summed E-state index contributed by atoms with van der Waals surface area (Å²) >= 11 is 0. The van der Waals surface area contributed by atoms with Crippen molar-refractivity contribution in [3.05, 3.63) is 71.8 Å². The van der Waals surface area contributed by atoms with Crippen molar-refractivity contribution in [2.75, 3.05) is 13.1 Å². The van der Waals surface area contributed by atoms with Gasteiger partial charge in [-0.05, 0) is 49.1 Å². The maximum atomic E-state index is 13.8. The van der Waals surface area contributed by atoms with Gasteiger partial charge in [-0.25, -0.2) is 0 Å². The molecule has 0 bridgehead atoms. The van der Waals surface area contributed by atoms with Gasteiger partial charge in [-0.2, -0.15) is 0 Å². The topological polar surface area (TPSA) is 168 Å². The number of carbonyl (C=O) groups is 5. The Bertz CT molecular complexity index is 1380. The number of amides is 5. The third-order valence-corrected chi connectivity index (χ3v) is 10.2. The molecule has 5 rings (SSSR count). The fourth-order valence-electron chi connectivity index (χ4n) is 7.56. The molecule has 11 heteroatoms. The lowest BCUT2D eigenvalue weighted by atomic mass is 9.86. The van der Waals surface area contributed by atoms with Gasteiger partial charge in [-0.15, -0.1) is 0 Å². The van der Waals surface area contributed by atoms with Gasteiger partial charge in [-0.3, -0.25) is 24.0 Å². The first-order valence-corrected chi connectivity index (χ1v) is 17.6. The van der Waals surface area contributed by atoms with Crippen LogP contribution in [0.25, 0.3) is 0 Å². The molecule has 4 atom stereocenters. The van der Waals surface area contributed by atoms with E-state index in [1.165, 1.54) is 32.1 Å². The Kier molecular flexibility index (Phi) is 12.2. The Morgan fingerprint density at radius 3 is 2.08 bits per heavy atom. The quantitative estimate of drug-likeness (QED) is 0.274. The van der Waals surface area contributed by atoms with Gasteiger partial charge in [-0.1, -0.05) is 92.8 Å². The average Bonchev–Trinajstić information content (AvgIpc) is 3.53. The van der Waals surface area contributed by atoms with Crippen LogP contribution >= 0.6 is 0 Å². The van der Waals surface area contributed by atoms with Crippen molar-refractivity contribution < 1.29 is 24.0 Å². The fraction of sp³-hybridized carbons (Fsp3) is 0.541. The summed E-state index contributed by atoms with van der Waals surface area (Å²) in [5, 5.41) is 5.91. The summed E-state index contributed by atoms with van der Waals surface area (Å²) in [4.78, 5) is 69.6. The molecule has 6 N–H and O–H groups in total. The Labute approximate surface area is 283 Å². The van der Waals surface area contributed by atoms with Crippen molar-refractivity contribution in [2.45, 2.75) is 107 Å². The Morgan fingerprint density at radius 2 is 1.46 bits per heavy atom. The second kappa shape index (κ2) is 16.7. The molecule has 2 aliphatic heterocycles. The van der Waals surface area contributed by atoms with Crippen LogP contribution in [-0.2, 0) is 24.0 Å². The number of carbonyl (C=O) groups excluding carboxylic acids is 5. The average molecular weight is 659 g/mol. The Balaban J connectivity index is 1.25. The van der Waals surface area contributed by atoms with E-state index in [0.717, 1.165) is 17.5 Å². The predicted octanol–water partition coefficient (Wildman–Crippen LogP) is 2.92. The van der Waals surface area contributed by atoms with Crippen LogP contribution in [0, 0.1) is 5.92 Å². The molecular weight excluding hydrogens is 608 g/mol. The van der Waals surface area contributed by atoms with E-state index in [4.69, 9.17) is 11.5 Å². The number of primary amides is 1. The van der Waals surface area contributed by atoms with Crippen LogP contribution in [0.2, 0.25) is 0 Å². The van der Waals surface area contributed by atoms with Gasteiger partial charge in [0.05, 0.1) is 6.04 Å². The number of nitrogens with zero attached hydrogens (tertiary/aromatic N) is 2. The molecule has 2 heterocycles. The summed E-state index contributed by atoms with van der Waals surface area (Å²) in [6.07, 6.45) is 8.87. The van der Waals surface area contributed by atoms with Crippen LogP contribution in [0.5, 0.6) is 0 Å². The van der Waals surface area contributed by atoms with Crippen molar-refractivity contribution in [1.82, 2.24) is 20.4 Å². The summed E-state index contributed by atoms with van der Waals surface area (Å²) in [5.74, 6) is -1.26. The zero-order valence-electron chi connectivity index (χ0n) is 27.7. The number of hydrogen-bond acceptors (Lipinski definition) is 6. The van der Waals surface area contributed by atoms with Crippen molar-refractivity contribution in [2.24, 2.45) is 17.4 Å². The zero-order valence-corrected chi connectivity index (χ0v) is 27.7. The second-order valence-corrected chi connectivity index (χ2v) is 13.6. The number of hydrogen-bond donors (Lipinski definition) is 4. The molecule has 0 aromatic heterocycles. The van der Waals surface area contributed by atoms with Crippen molar-refractivity contribution in [3.8, 4) is 0 Å². The third-order valence-electron chi connectivity index (χ3n) is 10.2. The highest BCUT2D eigenvalue weighted by Crippen LogP contribution is 2.31. The van der Waals surface area contributed by atoms with E-state index in [-0.39, 0.29) is 37.2 Å². The summed E-state index contributed by atoms with van der Waals surface area (Å²) in [6.45, 7) is 0.591. The first-order chi connectivity index (χ1) is 23.2. The standard InChI is InChI=1S/C37H50N6O5/c38-29-24-42(33(45)21-16-25-10-4-1-5-11-25)23-22-28-17-19-31(43(28)37(29)48)36(47)40-30(18-20-32(39)44)35(46)41-34(26-12-6-2-7-13-26)27-14-8-3-9-15-27/h2-3,6-9,12-15,25,28-31,34H,1,4-5,10-11,16-24,38H2,(H2,39,44)(H,40,47)(H,41,46)/t28-,29+,30+,31+/m1/s1. The van der Waals surface area contributed by atoms with Gasteiger partial charge in [0.1, 0.15) is 18.1 Å². The van der Waals surface area contributed by atoms with Gasteiger partial charge < -0.3 is 31.9 Å². The molecule has 2 saturated heterocycles. The lowest BCUT2D eigenvalue weighted by Crippen LogP contribution is -2.60. The summed E-state index contributed by atoms with van der Waals surface area (Å²) in [5.41, 5.74) is 13.6. The molecule has 1 saturated carbocycles. The van der Waals surface area contributed by atoms with Gasteiger partial charge >= 0.3 is 0 Å². The molecule has 3 fully saturated rings. The molecule has 1 aliphatic carbocycles. The molecule has 2 aromatic carbocycles. The number of benzene rings is 2. The number of fused-ring (bicyclic) bond motifs is 1. The minimum absolute atomic E-state index is 0.00471. The third kappa shape index (κ3) is 9.00. The summed E-state index contributed by atoms with van der Waals surface area (Å²) < 4.78 is 0. The lowest BCUT2D eigenvalue weighted by Gasteiger charge is -2.38. The first-order valence-electron chi connectivity index (χ1n) is 17.6. The number of nitrogens with one attached hydrogen (secondary N) is 2. The second-order valence-electron chi connectivity index (χ2n) is 13.6.